The summed E-state index contributed by atoms with van der Waals surface area (Å²) in [6.45, 7) is 2.10. The fourth-order valence-electron chi connectivity index (χ4n) is 4.85. The maximum atomic E-state index is 12.9. The largest absolute Gasteiger partial charge is 0.416 e. The molecule has 1 amide bonds. The Labute approximate surface area is 205 Å². The molecule has 1 aromatic carbocycles. The summed E-state index contributed by atoms with van der Waals surface area (Å²) in [6.07, 6.45) is 0.838. The van der Waals surface area contributed by atoms with Crippen LogP contribution in [0.2, 0.25) is 0 Å². The molecule has 192 valence electrons. The van der Waals surface area contributed by atoms with Crippen LogP contribution in [0.3, 0.4) is 0 Å². The standard InChI is InChI=1S/C24H28F3N7O2/c25-24(26,27)17-3-1-15(2-4-17)9-34(18-5-6-18)23-21-22(29-13-30-23)33(14-31-21)10-16-7-8-32(11-19(16)35)12-20(28)36/h1-4,13-14,16,18-19,35H,5-12H2,(H2,28,36)/t16-,19+/m0/s1. The van der Waals surface area contributed by atoms with Crippen molar-refractivity contribution in [3.05, 3.63) is 48.0 Å². The van der Waals surface area contributed by atoms with Crippen molar-refractivity contribution in [1.82, 2.24) is 24.4 Å². The third-order valence-corrected chi connectivity index (χ3v) is 6.89. The Kier molecular flexibility index (Phi) is 6.56. The first kappa shape index (κ1) is 24.4. The van der Waals surface area contributed by atoms with Gasteiger partial charge in [-0.25, -0.2) is 15.0 Å². The number of primary amides is 1. The summed E-state index contributed by atoms with van der Waals surface area (Å²) in [6, 6.07) is 5.45. The van der Waals surface area contributed by atoms with Gasteiger partial charge < -0.3 is 20.3 Å². The molecule has 2 atom stereocenters. The van der Waals surface area contributed by atoms with Crippen LogP contribution >= 0.6 is 0 Å². The van der Waals surface area contributed by atoms with Gasteiger partial charge in [-0.1, -0.05) is 12.1 Å². The van der Waals surface area contributed by atoms with Crippen LogP contribution in [0.4, 0.5) is 19.0 Å². The number of amides is 1. The number of halogens is 3. The lowest BCUT2D eigenvalue weighted by Gasteiger charge is -2.35. The highest BCUT2D eigenvalue weighted by Crippen LogP contribution is 2.36. The first-order valence-electron chi connectivity index (χ1n) is 12.0. The lowest BCUT2D eigenvalue weighted by atomic mass is 9.93. The van der Waals surface area contributed by atoms with Crippen LogP contribution in [0.1, 0.15) is 30.4 Å². The van der Waals surface area contributed by atoms with Crippen LogP contribution in [0.25, 0.3) is 11.2 Å². The number of carbonyl (C=O) groups excluding carboxylic acids is 1. The number of rotatable bonds is 8. The molecule has 2 fully saturated rings. The molecular formula is C24H28F3N7O2. The number of hydrogen-bond donors (Lipinski definition) is 2. The van der Waals surface area contributed by atoms with Crippen molar-refractivity contribution in [2.45, 2.75) is 50.7 Å². The topological polar surface area (TPSA) is 113 Å². The minimum atomic E-state index is -4.37. The number of carbonyl (C=O) groups is 1. The molecule has 1 aliphatic carbocycles. The number of alkyl halides is 3. The molecule has 2 aromatic heterocycles. The number of aromatic nitrogens is 4. The maximum absolute atomic E-state index is 12.9. The van der Waals surface area contributed by atoms with E-state index in [9.17, 15) is 23.1 Å². The highest BCUT2D eigenvalue weighted by Gasteiger charge is 2.34. The molecule has 0 radical (unpaired) electrons. The van der Waals surface area contributed by atoms with Crippen LogP contribution in [0, 0.1) is 5.92 Å². The Morgan fingerprint density at radius 3 is 2.53 bits per heavy atom. The molecule has 3 N–H and O–H groups in total. The van der Waals surface area contributed by atoms with Gasteiger partial charge in [0, 0.05) is 31.6 Å². The average molecular weight is 504 g/mol. The van der Waals surface area contributed by atoms with E-state index in [4.69, 9.17) is 5.73 Å². The molecule has 0 unspecified atom stereocenters. The fourth-order valence-corrected chi connectivity index (χ4v) is 4.85. The van der Waals surface area contributed by atoms with Crippen LogP contribution in [-0.4, -0.2) is 67.2 Å². The predicted octanol–water partition coefficient (Wildman–Crippen LogP) is 2.18. The molecule has 0 spiro atoms. The summed E-state index contributed by atoms with van der Waals surface area (Å²) in [4.78, 5) is 28.6. The van der Waals surface area contributed by atoms with E-state index in [0.29, 0.717) is 49.6 Å². The van der Waals surface area contributed by atoms with Gasteiger partial charge in [0.2, 0.25) is 5.91 Å². The summed E-state index contributed by atoms with van der Waals surface area (Å²) >= 11 is 0. The van der Waals surface area contributed by atoms with E-state index in [1.807, 2.05) is 9.47 Å². The molecule has 36 heavy (non-hydrogen) atoms. The lowest BCUT2D eigenvalue weighted by molar-refractivity contribution is -0.137. The Balaban J connectivity index is 1.34. The van der Waals surface area contributed by atoms with E-state index in [0.717, 1.165) is 30.5 Å². The number of nitrogens with two attached hydrogens (primary N) is 1. The van der Waals surface area contributed by atoms with E-state index in [1.54, 1.807) is 6.33 Å². The Hall–Kier alpha value is -3.25. The van der Waals surface area contributed by atoms with Crippen LogP contribution < -0.4 is 10.6 Å². The minimum Gasteiger partial charge on any atom is -0.391 e. The molecule has 2 aliphatic rings. The van der Waals surface area contributed by atoms with E-state index >= 15 is 0 Å². The molecule has 0 bridgehead atoms. The highest BCUT2D eigenvalue weighted by molar-refractivity contribution is 5.83. The number of aliphatic hydroxyl groups excluding tert-OH is 1. The van der Waals surface area contributed by atoms with Crippen LogP contribution in [0.5, 0.6) is 0 Å². The van der Waals surface area contributed by atoms with Gasteiger partial charge >= 0.3 is 6.18 Å². The van der Waals surface area contributed by atoms with E-state index < -0.39 is 23.8 Å². The van der Waals surface area contributed by atoms with Crippen molar-refractivity contribution in [2.24, 2.45) is 11.7 Å². The predicted molar refractivity (Wildman–Crippen MR) is 126 cm³/mol. The number of benzene rings is 1. The number of nitrogens with zero attached hydrogens (tertiary/aromatic N) is 6. The Bertz CT molecular complexity index is 1230. The summed E-state index contributed by atoms with van der Waals surface area (Å²) in [5.74, 6) is 0.205. The van der Waals surface area contributed by atoms with E-state index in [-0.39, 0.29) is 18.5 Å². The van der Waals surface area contributed by atoms with Gasteiger partial charge in [-0.3, -0.25) is 9.69 Å². The smallest absolute Gasteiger partial charge is 0.391 e. The zero-order valence-electron chi connectivity index (χ0n) is 19.6. The van der Waals surface area contributed by atoms with Crippen molar-refractivity contribution in [2.75, 3.05) is 24.5 Å². The quantitative estimate of drug-likeness (QED) is 0.485. The van der Waals surface area contributed by atoms with Gasteiger partial charge in [-0.2, -0.15) is 13.2 Å². The molecule has 3 heterocycles. The zero-order chi connectivity index (χ0) is 25.4. The normalized spacial score (nSPS) is 21.1. The molecular weight excluding hydrogens is 475 g/mol. The van der Waals surface area contributed by atoms with Crippen LogP contribution in [-0.2, 0) is 24.1 Å². The van der Waals surface area contributed by atoms with E-state index in [2.05, 4.69) is 19.9 Å². The SMILES string of the molecule is NC(=O)CN1CC[C@@H](Cn2cnc3c(N(Cc4ccc(C(F)(F)F)cc4)C4CC4)ncnc32)[C@H](O)C1. The lowest BCUT2D eigenvalue weighted by Crippen LogP contribution is -2.47. The Morgan fingerprint density at radius 1 is 1.14 bits per heavy atom. The summed E-state index contributed by atoms with van der Waals surface area (Å²) in [5.41, 5.74) is 6.62. The molecule has 1 aliphatic heterocycles. The molecule has 5 rings (SSSR count). The van der Waals surface area contributed by atoms with Crippen molar-refractivity contribution >= 4 is 22.9 Å². The number of β-amino-alcohol motifs (C(OH)–C–C–N with tert-alkyl or cyclic N) is 1. The second kappa shape index (κ2) is 9.66. The number of likely N-dealkylation sites (tertiary alicyclic amines) is 1. The fraction of sp³-hybridized carbons (Fsp3) is 0.500. The number of imidazole rings is 1. The van der Waals surface area contributed by atoms with Gasteiger partial charge in [-0.15, -0.1) is 0 Å². The minimum absolute atomic E-state index is 0.0309. The second-order valence-corrected chi connectivity index (χ2v) is 9.64. The summed E-state index contributed by atoms with van der Waals surface area (Å²) < 4.78 is 40.8. The van der Waals surface area contributed by atoms with Crippen molar-refractivity contribution in [3.8, 4) is 0 Å². The number of fused-ring (bicyclic) bond motifs is 1. The van der Waals surface area contributed by atoms with Crippen molar-refractivity contribution in [1.29, 1.82) is 0 Å². The van der Waals surface area contributed by atoms with Crippen LogP contribution in [0.15, 0.2) is 36.9 Å². The highest BCUT2D eigenvalue weighted by atomic mass is 19.4. The summed E-state index contributed by atoms with van der Waals surface area (Å²) in [7, 11) is 0. The number of hydrogen-bond acceptors (Lipinski definition) is 7. The maximum Gasteiger partial charge on any atom is 0.416 e. The third kappa shape index (κ3) is 5.29. The number of anilines is 1. The first-order valence-corrected chi connectivity index (χ1v) is 12.0. The molecule has 1 saturated heterocycles. The van der Waals surface area contributed by atoms with Gasteiger partial charge in [0.15, 0.2) is 17.0 Å². The van der Waals surface area contributed by atoms with E-state index in [1.165, 1.54) is 18.5 Å². The zero-order valence-corrected chi connectivity index (χ0v) is 19.6. The number of aliphatic hydroxyl groups is 1. The van der Waals surface area contributed by atoms with Crippen molar-refractivity contribution in [3.63, 3.8) is 0 Å². The third-order valence-electron chi connectivity index (χ3n) is 6.89. The first-order chi connectivity index (χ1) is 17.2. The van der Waals surface area contributed by atoms with Gasteiger partial charge in [0.1, 0.15) is 6.33 Å². The molecule has 9 nitrogen and oxygen atoms in total. The van der Waals surface area contributed by atoms with Gasteiger partial charge in [0.25, 0.3) is 0 Å². The second-order valence-electron chi connectivity index (χ2n) is 9.64. The molecule has 1 saturated carbocycles. The average Bonchev–Trinajstić information content (AvgIpc) is 3.59. The van der Waals surface area contributed by atoms with Gasteiger partial charge in [0.05, 0.1) is 24.5 Å². The Morgan fingerprint density at radius 2 is 1.89 bits per heavy atom. The number of piperidine rings is 1. The molecule has 3 aromatic rings. The summed E-state index contributed by atoms with van der Waals surface area (Å²) in [5, 5.41) is 10.6. The van der Waals surface area contributed by atoms with Crippen molar-refractivity contribution < 1.29 is 23.1 Å². The van der Waals surface area contributed by atoms with Gasteiger partial charge in [-0.05, 0) is 43.5 Å². The molecule has 12 heteroatoms. The monoisotopic (exact) mass is 503 g/mol.